The van der Waals surface area contributed by atoms with Gasteiger partial charge < -0.3 is 0 Å². The van der Waals surface area contributed by atoms with E-state index in [0.717, 1.165) is 0 Å². The fourth-order valence-electron chi connectivity index (χ4n) is 10.0. The molecule has 9 aromatic rings. The highest BCUT2D eigenvalue weighted by molar-refractivity contribution is 6.21. The molecule has 9 aromatic carbocycles. The van der Waals surface area contributed by atoms with Gasteiger partial charge in [-0.3, -0.25) is 0 Å². The molecule has 2 aliphatic rings. The molecular formula is C54H40. The van der Waals surface area contributed by atoms with Crippen LogP contribution in [0.4, 0.5) is 0 Å². The first-order valence-electron chi connectivity index (χ1n) is 19.3. The number of fused-ring (bicyclic) bond motifs is 10. The van der Waals surface area contributed by atoms with Crippen molar-refractivity contribution in [2.24, 2.45) is 0 Å². The quantitative estimate of drug-likeness (QED) is 0.128. The zero-order valence-electron chi connectivity index (χ0n) is 31.2. The molecule has 0 aliphatic heterocycles. The van der Waals surface area contributed by atoms with Crippen molar-refractivity contribution < 1.29 is 0 Å². The van der Waals surface area contributed by atoms with Gasteiger partial charge in [-0.1, -0.05) is 167 Å². The Morgan fingerprint density at radius 3 is 1.63 bits per heavy atom. The lowest BCUT2D eigenvalue weighted by atomic mass is 9.79. The summed E-state index contributed by atoms with van der Waals surface area (Å²) >= 11 is 0. The van der Waals surface area contributed by atoms with Crippen LogP contribution in [0.2, 0.25) is 0 Å². The second-order valence-corrected chi connectivity index (χ2v) is 16.5. The number of hydrogen-bond donors (Lipinski definition) is 0. The van der Waals surface area contributed by atoms with E-state index in [-0.39, 0.29) is 10.8 Å². The van der Waals surface area contributed by atoms with Crippen LogP contribution in [0.15, 0.2) is 170 Å². The summed E-state index contributed by atoms with van der Waals surface area (Å²) in [5.41, 5.74) is 18.6. The Labute approximate surface area is 317 Å². The average Bonchev–Trinajstić information content (AvgIpc) is 3.58. The van der Waals surface area contributed by atoms with Crippen LogP contribution >= 0.6 is 0 Å². The van der Waals surface area contributed by atoms with Crippen LogP contribution in [0.3, 0.4) is 0 Å². The van der Waals surface area contributed by atoms with Gasteiger partial charge in [0.1, 0.15) is 0 Å². The van der Waals surface area contributed by atoms with E-state index in [0.29, 0.717) is 0 Å². The lowest BCUT2D eigenvalue weighted by Gasteiger charge is -2.24. The van der Waals surface area contributed by atoms with Crippen molar-refractivity contribution in [3.05, 3.63) is 192 Å². The van der Waals surface area contributed by atoms with Gasteiger partial charge in [-0.05, 0) is 141 Å². The van der Waals surface area contributed by atoms with E-state index >= 15 is 0 Å². The normalized spacial score (nSPS) is 14.6. The van der Waals surface area contributed by atoms with E-state index in [1.54, 1.807) is 0 Å². The molecule has 54 heavy (non-hydrogen) atoms. The predicted octanol–water partition coefficient (Wildman–Crippen LogP) is 14.8. The molecule has 0 fully saturated rings. The van der Waals surface area contributed by atoms with E-state index in [4.69, 9.17) is 0 Å². The highest BCUT2D eigenvalue weighted by Gasteiger charge is 2.41. The maximum absolute atomic E-state index is 2.51. The monoisotopic (exact) mass is 688 g/mol. The van der Waals surface area contributed by atoms with E-state index in [9.17, 15) is 0 Å². The van der Waals surface area contributed by atoms with Crippen molar-refractivity contribution in [2.75, 3.05) is 0 Å². The Morgan fingerprint density at radius 2 is 0.852 bits per heavy atom. The smallest absolute Gasteiger partial charge is 0.0159 e. The highest BCUT2D eigenvalue weighted by atomic mass is 14.4. The van der Waals surface area contributed by atoms with Crippen molar-refractivity contribution in [1.29, 1.82) is 0 Å². The van der Waals surface area contributed by atoms with Gasteiger partial charge in [-0.25, -0.2) is 0 Å². The molecule has 0 atom stereocenters. The lowest BCUT2D eigenvalue weighted by molar-refractivity contribution is 0.652. The summed E-state index contributed by atoms with van der Waals surface area (Å²) in [7, 11) is 0. The van der Waals surface area contributed by atoms with E-state index in [1.807, 2.05) is 0 Å². The second-order valence-electron chi connectivity index (χ2n) is 16.5. The van der Waals surface area contributed by atoms with Crippen molar-refractivity contribution in [3.8, 4) is 55.6 Å². The summed E-state index contributed by atoms with van der Waals surface area (Å²) in [6.45, 7) is 9.58. The van der Waals surface area contributed by atoms with Gasteiger partial charge in [-0.15, -0.1) is 0 Å². The lowest BCUT2D eigenvalue weighted by Crippen LogP contribution is -2.17. The van der Waals surface area contributed by atoms with Crippen LogP contribution in [0.1, 0.15) is 49.9 Å². The molecule has 0 amide bonds. The van der Waals surface area contributed by atoms with Crippen molar-refractivity contribution in [3.63, 3.8) is 0 Å². The molecule has 0 heteroatoms. The summed E-state index contributed by atoms with van der Waals surface area (Å²) in [5.74, 6) is 0. The van der Waals surface area contributed by atoms with Gasteiger partial charge in [0.2, 0.25) is 0 Å². The highest BCUT2D eigenvalue weighted by Crippen LogP contribution is 2.56. The molecule has 256 valence electrons. The van der Waals surface area contributed by atoms with Gasteiger partial charge in [0.05, 0.1) is 0 Å². The average molecular weight is 689 g/mol. The minimum Gasteiger partial charge on any atom is -0.0622 e. The maximum Gasteiger partial charge on any atom is 0.0159 e. The molecule has 2 aliphatic carbocycles. The molecule has 0 bridgehead atoms. The summed E-state index contributed by atoms with van der Waals surface area (Å²) in [6, 6.07) is 64.0. The number of rotatable bonds is 3. The first-order valence-corrected chi connectivity index (χ1v) is 19.3. The van der Waals surface area contributed by atoms with Crippen molar-refractivity contribution in [2.45, 2.75) is 38.5 Å². The molecule has 0 saturated heterocycles. The minimum absolute atomic E-state index is 0.0219. The van der Waals surface area contributed by atoms with E-state index < -0.39 is 0 Å². The molecule has 0 unspecified atom stereocenters. The van der Waals surface area contributed by atoms with Gasteiger partial charge in [0.15, 0.2) is 0 Å². The molecule has 0 heterocycles. The van der Waals surface area contributed by atoms with Crippen LogP contribution < -0.4 is 0 Å². The molecule has 0 nitrogen and oxygen atoms in total. The topological polar surface area (TPSA) is 0 Å². The molecule has 0 radical (unpaired) electrons. The Bertz CT molecular complexity index is 3030. The number of hydrogen-bond acceptors (Lipinski definition) is 0. The Kier molecular flexibility index (Phi) is 6.46. The third kappa shape index (κ3) is 4.32. The number of benzene rings is 9. The summed E-state index contributed by atoms with van der Waals surface area (Å²) < 4.78 is 0. The van der Waals surface area contributed by atoms with Crippen LogP contribution in [0.25, 0.3) is 88.0 Å². The maximum atomic E-state index is 2.51. The van der Waals surface area contributed by atoms with E-state index in [1.165, 1.54) is 110 Å². The van der Waals surface area contributed by atoms with Crippen LogP contribution in [-0.2, 0) is 10.8 Å². The first kappa shape index (κ1) is 31.3. The summed E-state index contributed by atoms with van der Waals surface area (Å²) in [5, 5.41) is 7.68. The van der Waals surface area contributed by atoms with Crippen LogP contribution in [0.5, 0.6) is 0 Å². The molecule has 0 N–H and O–H groups in total. The molecule has 0 saturated carbocycles. The molecule has 11 rings (SSSR count). The minimum atomic E-state index is -0.121. The summed E-state index contributed by atoms with van der Waals surface area (Å²) in [6.07, 6.45) is 0. The Morgan fingerprint density at radius 1 is 0.278 bits per heavy atom. The van der Waals surface area contributed by atoms with Crippen LogP contribution in [-0.4, -0.2) is 0 Å². The van der Waals surface area contributed by atoms with Crippen molar-refractivity contribution in [1.82, 2.24) is 0 Å². The fourth-order valence-corrected chi connectivity index (χ4v) is 10.0. The van der Waals surface area contributed by atoms with Gasteiger partial charge in [0.25, 0.3) is 0 Å². The fraction of sp³-hybridized carbons (Fsp3) is 0.111. The Balaban J connectivity index is 1.10. The summed E-state index contributed by atoms with van der Waals surface area (Å²) in [4.78, 5) is 0. The molecular weight excluding hydrogens is 649 g/mol. The predicted molar refractivity (Wildman–Crippen MR) is 230 cm³/mol. The van der Waals surface area contributed by atoms with Gasteiger partial charge in [-0.2, -0.15) is 0 Å². The third-order valence-electron chi connectivity index (χ3n) is 12.9. The largest absolute Gasteiger partial charge is 0.0622 e. The third-order valence-corrected chi connectivity index (χ3v) is 12.9. The Hall–Kier alpha value is -6.24. The molecule has 0 spiro atoms. The van der Waals surface area contributed by atoms with Crippen LogP contribution in [0, 0.1) is 0 Å². The first-order chi connectivity index (χ1) is 26.3. The van der Waals surface area contributed by atoms with E-state index in [2.05, 4.69) is 198 Å². The SMILES string of the molecule is CC1(C)c2ccccc2-c2cc3c(cc21)-c1ccc(-c2ccc(-c4c5ccccc5cc5c4ccc4ccccc45)c(-c4ccccc4)c2)cc1C3(C)C. The second kappa shape index (κ2) is 11.1. The van der Waals surface area contributed by atoms with Gasteiger partial charge >= 0.3 is 0 Å². The standard InChI is InChI=1S/C54H40/c1-53(2)48-21-13-12-20-40(48)46-31-51-47(32-50(46)53)41-25-23-36(30-49(41)54(51,3)4)35-24-27-42(44(28-35)33-14-6-5-7-15-33)52-39-19-11-9-17-37(39)29-45-38-18-10-8-16-34(38)22-26-43(45)52/h5-32H,1-4H3. The van der Waals surface area contributed by atoms with Gasteiger partial charge in [0, 0.05) is 10.8 Å². The zero-order valence-corrected chi connectivity index (χ0v) is 31.2. The zero-order chi connectivity index (χ0) is 36.3. The van der Waals surface area contributed by atoms with Crippen molar-refractivity contribution >= 4 is 32.3 Å². The molecule has 0 aromatic heterocycles.